The molecule has 0 saturated carbocycles. The van der Waals surface area contributed by atoms with Gasteiger partial charge in [0.2, 0.25) is 12.0 Å². The zero-order valence-corrected chi connectivity index (χ0v) is 19.1. The predicted octanol–water partition coefficient (Wildman–Crippen LogP) is 2.89. The van der Waals surface area contributed by atoms with E-state index < -0.39 is 22.0 Å². The van der Waals surface area contributed by atoms with Gasteiger partial charge >= 0.3 is 0 Å². The number of aromatic nitrogens is 2. The van der Waals surface area contributed by atoms with Crippen LogP contribution < -0.4 is 14.4 Å². The molecule has 1 saturated heterocycles. The molecule has 1 fully saturated rings. The van der Waals surface area contributed by atoms with Gasteiger partial charge in [0, 0.05) is 5.69 Å². The van der Waals surface area contributed by atoms with Crippen molar-refractivity contribution in [3.63, 3.8) is 0 Å². The maximum absolute atomic E-state index is 13.1. The Morgan fingerprint density at radius 3 is 2.58 bits per heavy atom. The summed E-state index contributed by atoms with van der Waals surface area (Å²) in [6, 6.07) is 16.0. The number of benzene rings is 2. The van der Waals surface area contributed by atoms with E-state index in [4.69, 9.17) is 13.9 Å². The van der Waals surface area contributed by atoms with E-state index in [-0.39, 0.29) is 40.9 Å². The predicted molar refractivity (Wildman–Crippen MR) is 121 cm³/mol. The topological polar surface area (TPSA) is 112 Å². The van der Waals surface area contributed by atoms with Crippen LogP contribution in [-0.2, 0) is 14.6 Å². The molecule has 3 aromatic rings. The van der Waals surface area contributed by atoms with Gasteiger partial charge in [0.05, 0.1) is 23.3 Å². The molecule has 33 heavy (non-hydrogen) atoms. The van der Waals surface area contributed by atoms with E-state index in [0.717, 1.165) is 11.8 Å². The number of sulfone groups is 1. The molecule has 0 spiro atoms. The van der Waals surface area contributed by atoms with Crippen molar-refractivity contribution in [2.24, 2.45) is 0 Å². The van der Waals surface area contributed by atoms with Crippen molar-refractivity contribution in [3.05, 3.63) is 60.5 Å². The minimum Gasteiger partial charge on any atom is -0.485 e. The Balaban J connectivity index is 1.26. The molecule has 0 unspecified atom stereocenters. The van der Waals surface area contributed by atoms with Gasteiger partial charge in [-0.15, -0.1) is 10.2 Å². The lowest BCUT2D eigenvalue weighted by atomic mass is 10.2. The maximum Gasteiger partial charge on any atom is 0.277 e. The number of anilines is 1. The van der Waals surface area contributed by atoms with E-state index >= 15 is 0 Å². The van der Waals surface area contributed by atoms with Gasteiger partial charge in [-0.1, -0.05) is 42.1 Å². The van der Waals surface area contributed by atoms with E-state index in [1.54, 1.807) is 23.1 Å². The fourth-order valence-corrected chi connectivity index (χ4v) is 6.20. The highest BCUT2D eigenvalue weighted by molar-refractivity contribution is 7.99. The smallest absolute Gasteiger partial charge is 0.277 e. The normalized spacial score (nSPS) is 21.0. The number of rotatable bonds is 6. The van der Waals surface area contributed by atoms with Crippen molar-refractivity contribution in [1.82, 2.24) is 10.2 Å². The number of amides is 1. The zero-order valence-electron chi connectivity index (χ0n) is 17.5. The highest BCUT2D eigenvalue weighted by atomic mass is 32.2. The third kappa shape index (κ3) is 4.83. The Kier molecular flexibility index (Phi) is 5.98. The van der Waals surface area contributed by atoms with Crippen molar-refractivity contribution < 1.29 is 27.1 Å². The molecule has 2 atom stereocenters. The summed E-state index contributed by atoms with van der Waals surface area (Å²) in [5, 5.41) is 8.29. The molecule has 0 radical (unpaired) electrons. The summed E-state index contributed by atoms with van der Waals surface area (Å²) in [4.78, 5) is 14.7. The second kappa shape index (κ2) is 9.06. The number of hydrogen-bond donors (Lipinski definition) is 0. The van der Waals surface area contributed by atoms with Gasteiger partial charge < -0.3 is 18.8 Å². The van der Waals surface area contributed by atoms with Crippen LogP contribution in [0.1, 0.15) is 18.4 Å². The highest BCUT2D eigenvalue weighted by Crippen LogP contribution is 2.36. The number of nitrogens with zero attached hydrogens (tertiary/aromatic N) is 3. The fourth-order valence-electron chi connectivity index (χ4n) is 3.87. The Labute approximate surface area is 195 Å². The van der Waals surface area contributed by atoms with Gasteiger partial charge in [0.15, 0.2) is 21.3 Å². The van der Waals surface area contributed by atoms with Crippen LogP contribution in [0, 0.1) is 0 Å². The van der Waals surface area contributed by atoms with Crippen LogP contribution in [0.2, 0.25) is 0 Å². The van der Waals surface area contributed by atoms with Crippen molar-refractivity contribution in [2.75, 3.05) is 28.8 Å². The van der Waals surface area contributed by atoms with E-state index in [0.29, 0.717) is 23.6 Å². The third-order valence-corrected chi connectivity index (χ3v) is 7.96. The summed E-state index contributed by atoms with van der Waals surface area (Å²) < 4.78 is 41.3. The number of hydrogen-bond acceptors (Lipinski definition) is 9. The van der Waals surface area contributed by atoms with Gasteiger partial charge in [-0.3, -0.25) is 4.79 Å². The van der Waals surface area contributed by atoms with Crippen LogP contribution in [0.5, 0.6) is 11.5 Å². The largest absolute Gasteiger partial charge is 0.485 e. The molecule has 1 amide bonds. The lowest BCUT2D eigenvalue weighted by molar-refractivity contribution is -0.116. The summed E-state index contributed by atoms with van der Waals surface area (Å²) in [5.41, 5.74) is 0.669. The van der Waals surface area contributed by atoms with Crippen LogP contribution in [0.3, 0.4) is 0 Å². The number of carbonyl (C=O) groups is 1. The molecule has 9 nitrogen and oxygen atoms in total. The van der Waals surface area contributed by atoms with Gasteiger partial charge in [0.1, 0.15) is 6.61 Å². The summed E-state index contributed by atoms with van der Waals surface area (Å²) in [5.74, 6) is 1.37. The van der Waals surface area contributed by atoms with Crippen molar-refractivity contribution >= 4 is 33.2 Å². The quantitative estimate of drug-likeness (QED) is 0.484. The average molecular weight is 488 g/mol. The van der Waals surface area contributed by atoms with Gasteiger partial charge in [0.25, 0.3) is 11.1 Å². The first kappa shape index (κ1) is 21.8. The lowest BCUT2D eigenvalue weighted by Gasteiger charge is -2.28. The summed E-state index contributed by atoms with van der Waals surface area (Å²) in [7, 11) is -3.15. The molecule has 0 bridgehead atoms. The first-order valence-electron chi connectivity index (χ1n) is 10.4. The van der Waals surface area contributed by atoms with Gasteiger partial charge in [-0.25, -0.2) is 8.42 Å². The van der Waals surface area contributed by atoms with Crippen LogP contribution in [0.25, 0.3) is 0 Å². The molecular formula is C22H21N3O6S2. The molecule has 3 heterocycles. The molecule has 0 aliphatic carbocycles. The Morgan fingerprint density at radius 1 is 1.06 bits per heavy atom. The minimum atomic E-state index is -3.15. The van der Waals surface area contributed by atoms with E-state index in [1.807, 2.05) is 36.4 Å². The van der Waals surface area contributed by atoms with Crippen LogP contribution in [0.15, 0.2) is 64.2 Å². The first-order chi connectivity index (χ1) is 16.0. The first-order valence-corrected chi connectivity index (χ1v) is 13.2. The summed E-state index contributed by atoms with van der Waals surface area (Å²) in [6.45, 7) is 0.236. The van der Waals surface area contributed by atoms with E-state index in [9.17, 15) is 13.2 Å². The second-order valence-corrected chi connectivity index (χ2v) is 10.9. The molecule has 0 N–H and O–H groups in total. The molecule has 2 aliphatic heterocycles. The molecule has 172 valence electrons. The Morgan fingerprint density at radius 2 is 1.82 bits per heavy atom. The summed E-state index contributed by atoms with van der Waals surface area (Å²) in [6.07, 6.45) is -0.124. The fraction of sp³-hybridized carbons (Fsp3) is 0.318. The zero-order chi connectivity index (χ0) is 22.8. The molecule has 11 heteroatoms. The third-order valence-electron chi connectivity index (χ3n) is 5.40. The Hall–Kier alpha value is -3.05. The van der Waals surface area contributed by atoms with E-state index in [2.05, 4.69) is 10.2 Å². The lowest BCUT2D eigenvalue weighted by Crippen LogP contribution is -2.42. The number of carbonyl (C=O) groups excluding carboxylic acids is 1. The van der Waals surface area contributed by atoms with Gasteiger partial charge in [-0.2, -0.15) is 0 Å². The van der Waals surface area contributed by atoms with Crippen LogP contribution in [0.4, 0.5) is 5.69 Å². The number of para-hydroxylation sites is 3. The van der Waals surface area contributed by atoms with Crippen LogP contribution in [-0.4, -0.2) is 54.4 Å². The molecule has 2 aromatic carbocycles. The standard InChI is InChI=1S/C22H21N3O6S2/c26-20(25(15-6-2-1-3-7-15)16-10-11-33(27,28)14-16)13-32-22-24-23-21(31-22)19-12-29-17-8-4-5-9-18(17)30-19/h1-9,16,19H,10-14H2/t16-,19-/m0/s1. The number of thioether (sulfide) groups is 1. The SMILES string of the molecule is O=C(CSc1nnc([C@@H]2COc3ccccc3O2)o1)N(c1ccccc1)[C@H]1CCS(=O)(=O)C1. The number of ether oxygens (including phenoxy) is 2. The Bertz CT molecular complexity index is 1250. The molecule has 5 rings (SSSR count). The second-order valence-electron chi connectivity index (χ2n) is 7.72. The molecule has 2 aliphatic rings. The van der Waals surface area contributed by atoms with Crippen molar-refractivity contribution in [1.29, 1.82) is 0 Å². The van der Waals surface area contributed by atoms with Crippen LogP contribution >= 0.6 is 11.8 Å². The minimum absolute atomic E-state index is 0.0257. The van der Waals surface area contributed by atoms with Crippen molar-refractivity contribution in [3.8, 4) is 11.5 Å². The maximum atomic E-state index is 13.1. The highest BCUT2D eigenvalue weighted by Gasteiger charge is 2.35. The molecule has 1 aromatic heterocycles. The average Bonchev–Trinajstić information content (AvgIpc) is 3.44. The van der Waals surface area contributed by atoms with E-state index in [1.165, 1.54) is 0 Å². The number of fused-ring (bicyclic) bond motifs is 1. The van der Waals surface area contributed by atoms with Crippen molar-refractivity contribution in [2.45, 2.75) is 23.8 Å². The summed E-state index contributed by atoms with van der Waals surface area (Å²) >= 11 is 1.10. The van der Waals surface area contributed by atoms with Gasteiger partial charge in [-0.05, 0) is 30.7 Å². The monoisotopic (exact) mass is 487 g/mol. The molecular weight excluding hydrogens is 466 g/mol.